The fourth-order valence-electron chi connectivity index (χ4n) is 6.09. The highest BCUT2D eigenvalue weighted by Crippen LogP contribution is 2.34. The summed E-state index contributed by atoms with van der Waals surface area (Å²) in [4.78, 5) is 34.0. The molecule has 0 radical (unpaired) electrons. The molecule has 0 saturated carbocycles. The summed E-state index contributed by atoms with van der Waals surface area (Å²) in [7, 11) is 2.12. The highest BCUT2D eigenvalue weighted by atomic mass is 32.1. The van der Waals surface area contributed by atoms with Crippen LogP contribution in [-0.4, -0.2) is 90.7 Å². The molecule has 1 aromatic heterocycles. The van der Waals surface area contributed by atoms with E-state index in [0.29, 0.717) is 44.8 Å². The van der Waals surface area contributed by atoms with Gasteiger partial charge < -0.3 is 29.2 Å². The molecule has 3 aliphatic rings. The van der Waals surface area contributed by atoms with Gasteiger partial charge in [0.1, 0.15) is 18.5 Å². The van der Waals surface area contributed by atoms with E-state index in [-0.39, 0.29) is 33.5 Å². The molecule has 0 aliphatic carbocycles. The molecule has 2 aromatic rings. The third-order valence-electron chi connectivity index (χ3n) is 8.59. The Labute approximate surface area is 262 Å². The van der Waals surface area contributed by atoms with Gasteiger partial charge in [0, 0.05) is 43.5 Å². The van der Waals surface area contributed by atoms with Crippen LogP contribution in [-0.2, 0) is 17.8 Å². The van der Waals surface area contributed by atoms with Crippen molar-refractivity contribution < 1.29 is 13.9 Å². The van der Waals surface area contributed by atoms with E-state index in [1.807, 2.05) is 0 Å². The number of hydrogen-bond acceptors (Lipinski definition) is 7. The Morgan fingerprint density at radius 3 is 2.62 bits per heavy atom. The lowest BCUT2D eigenvalue weighted by molar-refractivity contribution is -0.131. The molecule has 9 nitrogen and oxygen atoms in total. The zero-order valence-electron chi connectivity index (χ0n) is 24.7. The first-order valence-electron chi connectivity index (χ1n) is 14.0. The quantitative estimate of drug-likeness (QED) is 0.347. The third-order valence-corrected chi connectivity index (χ3v) is 8.59. The van der Waals surface area contributed by atoms with Gasteiger partial charge >= 0.3 is 6.01 Å². The molecule has 4 heterocycles. The Hall–Kier alpha value is -3.01. The van der Waals surface area contributed by atoms with Crippen LogP contribution in [0.3, 0.4) is 0 Å². The summed E-state index contributed by atoms with van der Waals surface area (Å²) in [6.45, 7) is 19.2. The third kappa shape index (κ3) is 6.96. The minimum Gasteiger partial charge on any atom is -0.462 e. The minimum absolute atomic E-state index is 0. The number of piperazine rings is 1. The maximum Gasteiger partial charge on any atom is 0.318 e. The van der Waals surface area contributed by atoms with Crippen LogP contribution >= 0.6 is 27.0 Å². The van der Waals surface area contributed by atoms with Crippen molar-refractivity contribution in [2.24, 2.45) is 0 Å². The lowest BCUT2D eigenvalue weighted by atomic mass is 10.0. The number of rotatable bonds is 7. The minimum atomic E-state index is -0.998. The van der Waals surface area contributed by atoms with Crippen molar-refractivity contribution in [1.82, 2.24) is 19.8 Å². The number of fused-ring (bicyclic) bond motifs is 1. The van der Waals surface area contributed by atoms with Crippen molar-refractivity contribution in [2.75, 3.05) is 62.7 Å². The molecule has 228 valence electrons. The lowest BCUT2D eigenvalue weighted by Crippen LogP contribution is -2.57. The standard InChI is InChI=1S/C30H38FN7O2.2H2S/c1-20-8-6-10-27(21(20)2)36-13-11-25-26(18-36)33-30(40-19-23-9-7-12-35(23)5)34-28(25)37-14-15-38(29(39)22(3)31)24(17-37)16-32-4;;/h6,8,10,23-24H,3,7,9,11-19H2,1-2,5H3;2*1H2/t23-,24-;;/m0../s1. The molecular weight excluding hydrogens is 574 g/mol. The van der Waals surface area contributed by atoms with E-state index in [1.54, 1.807) is 0 Å². The molecule has 2 fully saturated rings. The Bertz CT molecular complexity index is 1340. The number of likely N-dealkylation sites (N-methyl/N-ethyl adjacent to an activating group) is 1. The predicted octanol–water partition coefficient (Wildman–Crippen LogP) is 3.77. The Balaban J connectivity index is 0.00000242. The summed E-state index contributed by atoms with van der Waals surface area (Å²) >= 11 is 0. The molecular formula is C30H42FN7O2S2. The first-order chi connectivity index (χ1) is 19.3. The van der Waals surface area contributed by atoms with Gasteiger partial charge in [0.25, 0.3) is 5.91 Å². The largest absolute Gasteiger partial charge is 0.462 e. The zero-order chi connectivity index (χ0) is 28.4. The maximum absolute atomic E-state index is 13.7. The van der Waals surface area contributed by atoms with E-state index in [2.05, 4.69) is 65.2 Å². The van der Waals surface area contributed by atoms with E-state index < -0.39 is 17.8 Å². The number of aryl methyl sites for hydroxylation is 1. The molecule has 0 unspecified atom stereocenters. The second-order valence-corrected chi connectivity index (χ2v) is 11.1. The van der Waals surface area contributed by atoms with Gasteiger partial charge in [-0.15, -0.1) is 0 Å². The SMILES string of the molecule is S.S.[C-]#[N+]C[C@H]1CN(c2nc(OC[C@@H]3CCCN3C)nc3c2CCN(c2cccc(C)c2C)C3)CCN1C(=O)C(=C)F. The van der Waals surface area contributed by atoms with Crippen LogP contribution in [0, 0.1) is 20.4 Å². The van der Waals surface area contributed by atoms with Gasteiger partial charge in [-0.2, -0.15) is 37.0 Å². The van der Waals surface area contributed by atoms with E-state index >= 15 is 0 Å². The molecule has 2 saturated heterocycles. The normalized spacial score (nSPS) is 20.2. The van der Waals surface area contributed by atoms with E-state index in [4.69, 9.17) is 21.3 Å². The topological polar surface area (TPSA) is 69.4 Å². The van der Waals surface area contributed by atoms with Crippen molar-refractivity contribution in [2.45, 2.75) is 51.7 Å². The van der Waals surface area contributed by atoms with Crippen LogP contribution in [0.5, 0.6) is 6.01 Å². The molecule has 12 heteroatoms. The molecule has 42 heavy (non-hydrogen) atoms. The number of carbonyl (C=O) groups is 1. The number of likely N-dealkylation sites (tertiary alicyclic amines) is 1. The number of amides is 1. The van der Waals surface area contributed by atoms with Crippen molar-refractivity contribution in [1.29, 1.82) is 0 Å². The van der Waals surface area contributed by atoms with E-state index in [1.165, 1.54) is 21.7 Å². The number of carbonyl (C=O) groups excluding carboxylic acids is 1. The zero-order valence-corrected chi connectivity index (χ0v) is 26.7. The van der Waals surface area contributed by atoms with Gasteiger partial charge in [-0.3, -0.25) is 4.79 Å². The Morgan fingerprint density at radius 1 is 1.14 bits per heavy atom. The van der Waals surface area contributed by atoms with Crippen LogP contribution in [0.4, 0.5) is 15.9 Å². The second-order valence-electron chi connectivity index (χ2n) is 11.1. The Kier molecular flexibility index (Phi) is 11.5. The average molecular weight is 616 g/mol. The summed E-state index contributed by atoms with van der Waals surface area (Å²) in [5.41, 5.74) is 5.73. The number of anilines is 2. The predicted molar refractivity (Wildman–Crippen MR) is 174 cm³/mol. The van der Waals surface area contributed by atoms with Crippen LogP contribution in [0.2, 0.25) is 0 Å². The number of aromatic nitrogens is 2. The van der Waals surface area contributed by atoms with Gasteiger partial charge in [-0.1, -0.05) is 18.7 Å². The summed E-state index contributed by atoms with van der Waals surface area (Å²) in [5.74, 6) is -0.949. The first-order valence-corrected chi connectivity index (χ1v) is 14.0. The average Bonchev–Trinajstić information content (AvgIpc) is 3.36. The van der Waals surface area contributed by atoms with Crippen LogP contribution in [0.25, 0.3) is 4.85 Å². The van der Waals surface area contributed by atoms with Crippen molar-refractivity contribution in [3.63, 3.8) is 0 Å². The molecule has 1 amide bonds. The van der Waals surface area contributed by atoms with Crippen LogP contribution < -0.4 is 14.5 Å². The molecule has 0 spiro atoms. The van der Waals surface area contributed by atoms with Gasteiger partial charge in [-0.05, 0) is 63.9 Å². The number of hydrogen-bond donors (Lipinski definition) is 0. The maximum atomic E-state index is 13.7. The number of benzene rings is 1. The highest BCUT2D eigenvalue weighted by molar-refractivity contribution is 7.59. The van der Waals surface area contributed by atoms with Gasteiger partial charge in [0.05, 0.1) is 12.2 Å². The van der Waals surface area contributed by atoms with E-state index in [0.717, 1.165) is 49.4 Å². The molecule has 3 aliphatic heterocycles. The van der Waals surface area contributed by atoms with Gasteiger partial charge in [0.2, 0.25) is 6.54 Å². The van der Waals surface area contributed by atoms with Gasteiger partial charge in [-0.25, -0.2) is 11.0 Å². The summed E-state index contributed by atoms with van der Waals surface area (Å²) in [6, 6.07) is 6.62. The number of ether oxygens (including phenoxy) is 1. The number of nitrogens with zero attached hydrogens (tertiary/aromatic N) is 7. The lowest BCUT2D eigenvalue weighted by Gasteiger charge is -2.41. The van der Waals surface area contributed by atoms with Crippen molar-refractivity contribution >= 4 is 44.4 Å². The summed E-state index contributed by atoms with van der Waals surface area (Å²) in [5, 5.41) is 0. The van der Waals surface area contributed by atoms with Crippen LogP contribution in [0.15, 0.2) is 30.6 Å². The molecule has 0 N–H and O–H groups in total. The van der Waals surface area contributed by atoms with E-state index in [9.17, 15) is 9.18 Å². The summed E-state index contributed by atoms with van der Waals surface area (Å²) < 4.78 is 20.0. The second kappa shape index (κ2) is 14.4. The molecule has 1 aromatic carbocycles. The van der Waals surface area contributed by atoms with Crippen molar-refractivity contribution in [3.8, 4) is 6.01 Å². The first kappa shape index (κ1) is 33.5. The molecule has 5 rings (SSSR count). The Morgan fingerprint density at radius 2 is 1.93 bits per heavy atom. The van der Waals surface area contributed by atoms with Crippen molar-refractivity contribution in [3.05, 3.63) is 64.4 Å². The number of halogens is 1. The fraction of sp³-hybridized carbons (Fsp3) is 0.533. The molecule has 2 atom stereocenters. The monoisotopic (exact) mass is 615 g/mol. The fourth-order valence-corrected chi connectivity index (χ4v) is 6.09. The molecule has 0 bridgehead atoms. The van der Waals surface area contributed by atoms with Gasteiger partial charge in [0.15, 0.2) is 5.83 Å². The van der Waals surface area contributed by atoms with Crippen LogP contribution in [0.1, 0.15) is 35.2 Å². The summed E-state index contributed by atoms with van der Waals surface area (Å²) in [6.07, 6.45) is 3.00. The highest BCUT2D eigenvalue weighted by Gasteiger charge is 2.36. The smallest absolute Gasteiger partial charge is 0.318 e.